The summed E-state index contributed by atoms with van der Waals surface area (Å²) in [6.07, 6.45) is 0. The van der Waals surface area contributed by atoms with Crippen molar-refractivity contribution in [2.75, 3.05) is 47.6 Å². The summed E-state index contributed by atoms with van der Waals surface area (Å²) in [7, 11) is 0. The molecule has 12 heteroatoms. The van der Waals surface area contributed by atoms with E-state index in [4.69, 9.17) is 16.3 Å². The summed E-state index contributed by atoms with van der Waals surface area (Å²) >= 11 is 12.2. The minimum atomic E-state index is -0.287. The normalized spacial score (nSPS) is 13.6. The van der Waals surface area contributed by atoms with Crippen LogP contribution in [0.2, 0.25) is 5.02 Å². The van der Waals surface area contributed by atoms with Crippen molar-refractivity contribution in [3.05, 3.63) is 57.5 Å². The molecule has 0 atom stereocenters. The van der Waals surface area contributed by atoms with Gasteiger partial charge in [-0.05, 0) is 46.3 Å². The maximum atomic E-state index is 12.4. The van der Waals surface area contributed by atoms with Gasteiger partial charge in [0.05, 0.1) is 35.2 Å². The summed E-state index contributed by atoms with van der Waals surface area (Å²) in [5.41, 5.74) is 2.05. The van der Waals surface area contributed by atoms with Gasteiger partial charge in [0, 0.05) is 23.2 Å². The highest BCUT2D eigenvalue weighted by Gasteiger charge is 2.16. The topological polar surface area (TPSA) is 96.5 Å². The molecule has 1 aliphatic rings. The van der Waals surface area contributed by atoms with E-state index in [9.17, 15) is 9.59 Å². The molecule has 8 nitrogen and oxygen atoms in total. The van der Waals surface area contributed by atoms with Gasteiger partial charge in [0.15, 0.2) is 4.34 Å². The average molecular weight is 569 g/mol. The van der Waals surface area contributed by atoms with Crippen LogP contribution in [0.15, 0.2) is 51.3 Å². The zero-order chi connectivity index (χ0) is 23.2. The van der Waals surface area contributed by atoms with E-state index in [1.54, 1.807) is 24.3 Å². The number of halogens is 2. The van der Waals surface area contributed by atoms with Gasteiger partial charge in [0.2, 0.25) is 11.0 Å². The lowest BCUT2D eigenvalue weighted by molar-refractivity contribution is -0.113. The highest BCUT2D eigenvalue weighted by atomic mass is 79.9. The maximum absolute atomic E-state index is 12.4. The molecule has 0 saturated carbocycles. The summed E-state index contributed by atoms with van der Waals surface area (Å²) in [6, 6.07) is 12.6. The van der Waals surface area contributed by atoms with Crippen molar-refractivity contribution in [1.29, 1.82) is 0 Å². The fraction of sp³-hybridized carbons (Fsp3) is 0.238. The number of hydrogen-bond donors (Lipinski definition) is 2. The summed E-state index contributed by atoms with van der Waals surface area (Å²) in [4.78, 5) is 26.9. The molecule has 0 aliphatic carbocycles. The number of aromatic nitrogens is 2. The predicted molar refractivity (Wildman–Crippen MR) is 136 cm³/mol. The van der Waals surface area contributed by atoms with E-state index in [-0.39, 0.29) is 17.6 Å². The van der Waals surface area contributed by atoms with Gasteiger partial charge in [-0.3, -0.25) is 14.9 Å². The molecule has 1 aromatic heterocycles. The molecule has 172 valence electrons. The third-order valence-corrected chi connectivity index (χ3v) is 7.62. The molecule has 3 aromatic rings. The average Bonchev–Trinajstić information content (AvgIpc) is 3.26. The Balaban J connectivity index is 1.28. The molecule has 0 spiro atoms. The van der Waals surface area contributed by atoms with E-state index in [1.165, 1.54) is 23.1 Å². The summed E-state index contributed by atoms with van der Waals surface area (Å²) in [6.45, 7) is 2.92. The molecule has 4 rings (SSSR count). The molecule has 2 amide bonds. The highest BCUT2D eigenvalue weighted by molar-refractivity contribution is 9.10. The first kappa shape index (κ1) is 24.0. The van der Waals surface area contributed by atoms with Crippen molar-refractivity contribution in [3.8, 4) is 0 Å². The quantitative estimate of drug-likeness (QED) is 0.313. The summed E-state index contributed by atoms with van der Waals surface area (Å²) < 4.78 is 6.64. The fourth-order valence-corrected chi connectivity index (χ4v) is 5.41. The number of nitrogens with one attached hydrogen (secondary N) is 2. The molecule has 1 fully saturated rings. The monoisotopic (exact) mass is 567 g/mol. The van der Waals surface area contributed by atoms with E-state index in [0.29, 0.717) is 43.4 Å². The zero-order valence-electron chi connectivity index (χ0n) is 17.2. The van der Waals surface area contributed by atoms with Gasteiger partial charge >= 0.3 is 0 Å². The molecular formula is C21H19BrClN5O3S2. The first-order valence-corrected chi connectivity index (χ1v) is 12.9. The number of amides is 2. The van der Waals surface area contributed by atoms with Gasteiger partial charge in [0.1, 0.15) is 0 Å². The van der Waals surface area contributed by atoms with Crippen LogP contribution in [-0.4, -0.2) is 54.1 Å². The molecule has 2 heterocycles. The Morgan fingerprint density at radius 3 is 2.70 bits per heavy atom. The lowest BCUT2D eigenvalue weighted by atomic mass is 10.2. The maximum Gasteiger partial charge on any atom is 0.258 e. The predicted octanol–water partition coefficient (Wildman–Crippen LogP) is 4.77. The number of anilines is 3. The van der Waals surface area contributed by atoms with Crippen molar-refractivity contribution in [2.45, 2.75) is 4.34 Å². The lowest BCUT2D eigenvalue weighted by Gasteiger charge is -2.29. The minimum absolute atomic E-state index is 0.148. The highest BCUT2D eigenvalue weighted by Crippen LogP contribution is 2.30. The van der Waals surface area contributed by atoms with Gasteiger partial charge in [-0.2, -0.15) is 0 Å². The summed E-state index contributed by atoms with van der Waals surface area (Å²) in [5, 5.41) is 14.5. The van der Waals surface area contributed by atoms with Crippen molar-refractivity contribution >= 4 is 79.0 Å². The van der Waals surface area contributed by atoms with E-state index < -0.39 is 0 Å². The Labute approximate surface area is 212 Å². The molecule has 0 unspecified atom stereocenters. The third kappa shape index (κ3) is 6.45. The summed E-state index contributed by atoms with van der Waals surface area (Å²) in [5.74, 6) is -0.329. The molecule has 1 aliphatic heterocycles. The smallest absolute Gasteiger partial charge is 0.258 e. The third-order valence-electron chi connectivity index (χ3n) is 4.66. The number of benzene rings is 2. The van der Waals surface area contributed by atoms with E-state index in [1.807, 2.05) is 18.2 Å². The SMILES string of the molecule is O=C(CSc1nnc(NC(=O)c2ccccc2Br)s1)Nc1ccc(N2CCOCC2)c(Cl)c1. The first-order chi connectivity index (χ1) is 16.0. The number of carbonyl (C=O) groups excluding carboxylic acids is 2. The van der Waals surface area contributed by atoms with Crippen molar-refractivity contribution in [1.82, 2.24) is 10.2 Å². The van der Waals surface area contributed by atoms with Gasteiger partial charge in [0.25, 0.3) is 5.91 Å². The number of ether oxygens (including phenoxy) is 1. The van der Waals surface area contributed by atoms with Crippen LogP contribution in [0.25, 0.3) is 0 Å². The van der Waals surface area contributed by atoms with Crippen LogP contribution in [0, 0.1) is 0 Å². The largest absolute Gasteiger partial charge is 0.378 e. The second kappa shape index (κ2) is 11.3. The number of hydrogen-bond acceptors (Lipinski definition) is 8. The van der Waals surface area contributed by atoms with Crippen molar-refractivity contribution in [3.63, 3.8) is 0 Å². The van der Waals surface area contributed by atoms with Gasteiger partial charge in [-0.1, -0.05) is 46.8 Å². The van der Waals surface area contributed by atoms with Crippen LogP contribution in [0.5, 0.6) is 0 Å². The molecule has 1 saturated heterocycles. The number of carbonyl (C=O) groups is 2. The fourth-order valence-electron chi connectivity index (χ4n) is 3.10. The molecule has 0 radical (unpaired) electrons. The molecular weight excluding hydrogens is 550 g/mol. The van der Waals surface area contributed by atoms with Gasteiger partial charge in [-0.15, -0.1) is 10.2 Å². The Morgan fingerprint density at radius 2 is 1.94 bits per heavy atom. The van der Waals surface area contributed by atoms with Crippen molar-refractivity contribution in [2.24, 2.45) is 0 Å². The Hall–Kier alpha value is -2.18. The Bertz CT molecular complexity index is 1160. The van der Waals surface area contributed by atoms with Crippen LogP contribution in [0.1, 0.15) is 10.4 Å². The van der Waals surface area contributed by atoms with Crippen LogP contribution in [-0.2, 0) is 9.53 Å². The van der Waals surface area contributed by atoms with Gasteiger partial charge in [-0.25, -0.2) is 0 Å². The molecule has 0 bridgehead atoms. The zero-order valence-corrected chi connectivity index (χ0v) is 21.2. The number of rotatable bonds is 7. The number of nitrogens with zero attached hydrogens (tertiary/aromatic N) is 3. The second-order valence-electron chi connectivity index (χ2n) is 6.91. The second-order valence-corrected chi connectivity index (χ2v) is 10.4. The van der Waals surface area contributed by atoms with Crippen LogP contribution < -0.4 is 15.5 Å². The van der Waals surface area contributed by atoms with E-state index in [2.05, 4.69) is 41.7 Å². The first-order valence-electron chi connectivity index (χ1n) is 9.94. The van der Waals surface area contributed by atoms with E-state index >= 15 is 0 Å². The van der Waals surface area contributed by atoms with Gasteiger partial charge < -0.3 is 15.0 Å². The molecule has 33 heavy (non-hydrogen) atoms. The van der Waals surface area contributed by atoms with E-state index in [0.717, 1.165) is 18.8 Å². The number of morpholine rings is 1. The van der Waals surface area contributed by atoms with Crippen LogP contribution in [0.4, 0.5) is 16.5 Å². The van der Waals surface area contributed by atoms with Crippen LogP contribution in [0.3, 0.4) is 0 Å². The van der Waals surface area contributed by atoms with Crippen LogP contribution >= 0.6 is 50.6 Å². The number of thioether (sulfide) groups is 1. The Morgan fingerprint density at radius 1 is 1.15 bits per heavy atom. The lowest BCUT2D eigenvalue weighted by Crippen LogP contribution is -2.36. The molecule has 2 aromatic carbocycles. The minimum Gasteiger partial charge on any atom is -0.378 e. The Kier molecular flexibility index (Phi) is 8.20. The van der Waals surface area contributed by atoms with Crippen molar-refractivity contribution < 1.29 is 14.3 Å². The standard InChI is InChI=1S/C21H19BrClN5O3S2/c22-15-4-2-1-3-14(15)19(30)25-20-26-27-21(33-20)32-12-18(29)24-13-5-6-17(16(23)11-13)28-7-9-31-10-8-28/h1-6,11H,7-10,12H2,(H,24,29)(H,25,26,30). The molecule has 2 N–H and O–H groups in total.